The summed E-state index contributed by atoms with van der Waals surface area (Å²) in [7, 11) is 0. The minimum atomic E-state index is -0.496. The van der Waals surface area contributed by atoms with Crippen molar-refractivity contribution in [3.05, 3.63) is 0 Å². The fraction of sp³-hybridized carbons (Fsp3) is 0.500. The third kappa shape index (κ3) is 39.7. The minimum Gasteiger partial charge on any atom is -0.370 e. The van der Waals surface area contributed by atoms with Crippen LogP contribution in [0.25, 0.3) is 0 Å². The first-order valence-electron chi connectivity index (χ1n) is 3.19. The maximum absolute atomic E-state index is 9.92. The molecule has 0 aromatic heterocycles. The Morgan fingerprint density at radius 1 is 0.917 bits per heavy atom. The molecule has 6 heteroatoms. The molecule has 0 spiro atoms. The van der Waals surface area contributed by atoms with E-state index in [1.165, 1.54) is 6.92 Å². The van der Waals surface area contributed by atoms with E-state index in [1.807, 2.05) is 0 Å². The van der Waals surface area contributed by atoms with Crippen molar-refractivity contribution in [1.29, 1.82) is 0 Å². The van der Waals surface area contributed by atoms with Gasteiger partial charge in [0.15, 0.2) is 0 Å². The molecule has 0 bridgehead atoms. The number of nitrogens with two attached hydrogens (primary N) is 3. The molecule has 0 aromatic carbocycles. The van der Waals surface area contributed by atoms with E-state index in [4.69, 9.17) is 11.5 Å². The Balaban J connectivity index is 0. The molecule has 0 unspecified atom stereocenters. The number of amides is 3. The van der Waals surface area contributed by atoms with Gasteiger partial charge in [0.1, 0.15) is 0 Å². The van der Waals surface area contributed by atoms with Crippen LogP contribution in [0.1, 0.15) is 19.8 Å². The summed E-state index contributed by atoms with van der Waals surface area (Å²) in [6, 6.07) is 0. The molecule has 0 aliphatic carbocycles. The second-order valence-electron chi connectivity index (χ2n) is 2.04. The molecule has 3 amide bonds. The van der Waals surface area contributed by atoms with Gasteiger partial charge in [-0.3, -0.25) is 14.4 Å². The summed E-state index contributed by atoms with van der Waals surface area (Å²) in [6.45, 7) is 1.31. The van der Waals surface area contributed by atoms with E-state index < -0.39 is 11.8 Å². The molecule has 0 radical (unpaired) electrons. The van der Waals surface area contributed by atoms with Gasteiger partial charge in [-0.15, -0.1) is 0 Å². The number of rotatable bonds is 3. The van der Waals surface area contributed by atoms with Crippen molar-refractivity contribution in [2.75, 3.05) is 0 Å². The summed E-state index contributed by atoms with van der Waals surface area (Å²) in [5, 5.41) is 0. The fourth-order valence-corrected chi connectivity index (χ4v) is 0.246. The van der Waals surface area contributed by atoms with Gasteiger partial charge in [0.2, 0.25) is 17.7 Å². The van der Waals surface area contributed by atoms with E-state index in [-0.39, 0.29) is 18.7 Å². The zero-order valence-electron chi connectivity index (χ0n) is 6.87. The lowest BCUT2D eigenvalue weighted by Gasteiger charge is -1.87. The van der Waals surface area contributed by atoms with Gasteiger partial charge in [0.05, 0.1) is 0 Å². The Labute approximate surface area is 70.1 Å². The Kier molecular flexibility index (Phi) is 8.16. The number of carbonyl (C=O) groups excluding carboxylic acids is 3. The quantitative estimate of drug-likeness (QED) is 0.469. The number of carbonyl (C=O) groups is 3. The zero-order valence-corrected chi connectivity index (χ0v) is 6.87. The first-order valence-corrected chi connectivity index (χ1v) is 3.19. The maximum Gasteiger partial charge on any atom is 0.217 e. The van der Waals surface area contributed by atoms with E-state index in [0.29, 0.717) is 0 Å². The highest BCUT2D eigenvalue weighted by atomic mass is 16.2. The van der Waals surface area contributed by atoms with Crippen molar-refractivity contribution < 1.29 is 14.4 Å². The molecule has 0 atom stereocenters. The second kappa shape index (κ2) is 7.52. The van der Waals surface area contributed by atoms with Gasteiger partial charge in [-0.1, -0.05) is 0 Å². The third-order valence-electron chi connectivity index (χ3n) is 0.618. The van der Waals surface area contributed by atoms with Gasteiger partial charge in [0, 0.05) is 19.8 Å². The summed E-state index contributed by atoms with van der Waals surface area (Å²) >= 11 is 0. The first-order chi connectivity index (χ1) is 5.36. The van der Waals surface area contributed by atoms with E-state index >= 15 is 0 Å². The standard InChI is InChI=1S/C4H8N2O2.C2H5NO/c5-3(7)1-2-4(6)8;1-2(3)4/h1-2H2,(H2,5,7)(H2,6,8);1H3,(H2,3,4). The Bertz CT molecular complexity index is 161. The van der Waals surface area contributed by atoms with Crippen LogP contribution in [0.5, 0.6) is 0 Å². The molecule has 12 heavy (non-hydrogen) atoms. The third-order valence-corrected chi connectivity index (χ3v) is 0.618. The van der Waals surface area contributed by atoms with Crippen LogP contribution in [0.2, 0.25) is 0 Å². The largest absolute Gasteiger partial charge is 0.370 e. The second-order valence-corrected chi connectivity index (χ2v) is 2.04. The summed E-state index contributed by atoms with van der Waals surface area (Å²) in [5.41, 5.74) is 13.9. The van der Waals surface area contributed by atoms with Crippen LogP contribution in [0.15, 0.2) is 0 Å². The van der Waals surface area contributed by atoms with Crippen molar-refractivity contribution in [1.82, 2.24) is 0 Å². The lowest BCUT2D eigenvalue weighted by atomic mass is 10.3. The molecule has 0 saturated heterocycles. The predicted molar refractivity (Wildman–Crippen MR) is 42.5 cm³/mol. The number of primary amides is 3. The minimum absolute atomic E-state index is 0.0509. The molecule has 0 rings (SSSR count). The molecule has 6 N–H and O–H groups in total. The normalized spacial score (nSPS) is 7.75. The molecule has 0 aliphatic heterocycles. The smallest absolute Gasteiger partial charge is 0.217 e. The average molecular weight is 175 g/mol. The highest BCUT2D eigenvalue weighted by Crippen LogP contribution is 1.82. The molecule has 0 heterocycles. The Hall–Kier alpha value is -1.59. The highest BCUT2D eigenvalue weighted by molar-refractivity contribution is 5.81. The van der Waals surface area contributed by atoms with E-state index in [9.17, 15) is 14.4 Å². The van der Waals surface area contributed by atoms with Gasteiger partial charge in [-0.05, 0) is 0 Å². The van der Waals surface area contributed by atoms with E-state index in [2.05, 4.69) is 5.73 Å². The van der Waals surface area contributed by atoms with Crippen LogP contribution in [0, 0.1) is 0 Å². The Morgan fingerprint density at radius 3 is 1.17 bits per heavy atom. The molecule has 0 fully saturated rings. The SMILES string of the molecule is CC(N)=O.NC(=O)CCC(N)=O. The number of hydrogen-bond donors (Lipinski definition) is 3. The molecule has 0 aliphatic rings. The fourth-order valence-electron chi connectivity index (χ4n) is 0.246. The first kappa shape index (κ1) is 13.0. The van der Waals surface area contributed by atoms with Crippen molar-refractivity contribution in [2.24, 2.45) is 17.2 Å². The lowest BCUT2D eigenvalue weighted by molar-refractivity contribution is -0.123. The van der Waals surface area contributed by atoms with E-state index in [0.717, 1.165) is 0 Å². The molecule has 6 nitrogen and oxygen atoms in total. The molecule has 0 saturated carbocycles. The number of hydrogen-bond acceptors (Lipinski definition) is 3. The molecule has 0 aromatic rings. The van der Waals surface area contributed by atoms with Crippen LogP contribution in [0.4, 0.5) is 0 Å². The molecular formula is C6H13N3O3. The van der Waals surface area contributed by atoms with Crippen LogP contribution >= 0.6 is 0 Å². The van der Waals surface area contributed by atoms with Gasteiger partial charge in [0.25, 0.3) is 0 Å². The molecular weight excluding hydrogens is 162 g/mol. The zero-order chi connectivity index (χ0) is 10.1. The summed E-state index contributed by atoms with van der Waals surface area (Å²) in [5.74, 6) is -1.33. The van der Waals surface area contributed by atoms with Crippen molar-refractivity contribution in [2.45, 2.75) is 19.8 Å². The summed E-state index contributed by atoms with van der Waals surface area (Å²) in [4.78, 5) is 29.1. The van der Waals surface area contributed by atoms with Crippen molar-refractivity contribution >= 4 is 17.7 Å². The average Bonchev–Trinajstić information content (AvgIpc) is 1.82. The van der Waals surface area contributed by atoms with Crippen molar-refractivity contribution in [3.63, 3.8) is 0 Å². The van der Waals surface area contributed by atoms with Crippen LogP contribution in [-0.2, 0) is 14.4 Å². The predicted octanol–water partition coefficient (Wildman–Crippen LogP) is -1.77. The van der Waals surface area contributed by atoms with Crippen molar-refractivity contribution in [3.8, 4) is 0 Å². The van der Waals surface area contributed by atoms with Crippen LogP contribution in [-0.4, -0.2) is 17.7 Å². The monoisotopic (exact) mass is 175 g/mol. The van der Waals surface area contributed by atoms with Gasteiger partial charge >= 0.3 is 0 Å². The van der Waals surface area contributed by atoms with Crippen LogP contribution in [0.3, 0.4) is 0 Å². The highest BCUT2D eigenvalue weighted by Gasteiger charge is 1.96. The lowest BCUT2D eigenvalue weighted by Crippen LogP contribution is -2.16. The van der Waals surface area contributed by atoms with E-state index in [1.54, 1.807) is 0 Å². The summed E-state index contributed by atoms with van der Waals surface area (Å²) in [6.07, 6.45) is 0.102. The topological polar surface area (TPSA) is 129 Å². The van der Waals surface area contributed by atoms with Gasteiger partial charge in [-0.2, -0.15) is 0 Å². The van der Waals surface area contributed by atoms with Crippen LogP contribution < -0.4 is 17.2 Å². The Morgan fingerprint density at radius 2 is 1.08 bits per heavy atom. The maximum atomic E-state index is 9.92. The molecule has 70 valence electrons. The van der Waals surface area contributed by atoms with Gasteiger partial charge in [-0.25, -0.2) is 0 Å². The summed E-state index contributed by atoms with van der Waals surface area (Å²) < 4.78 is 0. The van der Waals surface area contributed by atoms with Gasteiger partial charge < -0.3 is 17.2 Å².